The predicted molar refractivity (Wildman–Crippen MR) is 103 cm³/mol. The lowest BCUT2D eigenvalue weighted by molar-refractivity contribution is -0.117. The Hall–Kier alpha value is -2.38. The van der Waals surface area contributed by atoms with Gasteiger partial charge in [0, 0.05) is 18.6 Å². The molecule has 1 heterocycles. The number of nitrogens with zero attached hydrogens (tertiary/aromatic N) is 2. The van der Waals surface area contributed by atoms with E-state index in [1.807, 2.05) is 37.2 Å². The summed E-state index contributed by atoms with van der Waals surface area (Å²) in [6.45, 7) is 0. The topological polar surface area (TPSA) is 52.7 Å². The molecule has 1 N–H and O–H groups in total. The number of nitrogens with one attached hydrogen (secondary N) is 1. The smallest absolute Gasteiger partial charge is 0.282 e. The summed E-state index contributed by atoms with van der Waals surface area (Å²) in [5.41, 5.74) is 4.38. The second-order valence-electron chi connectivity index (χ2n) is 5.84. The van der Waals surface area contributed by atoms with Gasteiger partial charge in [0.1, 0.15) is 11.4 Å². The highest BCUT2D eigenvalue weighted by Gasteiger charge is 2.34. The van der Waals surface area contributed by atoms with Crippen LogP contribution in [0.3, 0.4) is 0 Å². The van der Waals surface area contributed by atoms with Crippen LogP contribution in [-0.4, -0.2) is 25.9 Å². The van der Waals surface area contributed by atoms with E-state index in [2.05, 4.69) is 21.4 Å². The Kier molecular flexibility index (Phi) is 5.02. The molecular weight excluding hydrogens is 425 g/mol. The molecule has 134 valence electrons. The van der Waals surface area contributed by atoms with Crippen LogP contribution in [-0.2, 0) is 9.59 Å². The zero-order valence-electron chi connectivity index (χ0n) is 13.9. The van der Waals surface area contributed by atoms with Crippen molar-refractivity contribution in [2.75, 3.05) is 24.0 Å². The zero-order chi connectivity index (χ0) is 19.0. The van der Waals surface area contributed by atoms with Crippen molar-refractivity contribution in [3.8, 4) is 0 Å². The number of halogens is 3. The fraction of sp³-hybridized carbons (Fsp3) is 0.111. The molecule has 0 aromatic heterocycles. The van der Waals surface area contributed by atoms with E-state index in [9.17, 15) is 14.0 Å². The second kappa shape index (κ2) is 7.09. The van der Waals surface area contributed by atoms with Gasteiger partial charge in [0.15, 0.2) is 0 Å². The average molecular weight is 439 g/mol. The van der Waals surface area contributed by atoms with Crippen molar-refractivity contribution in [3.05, 3.63) is 62.8 Å². The highest BCUT2D eigenvalue weighted by Crippen LogP contribution is 2.29. The lowest BCUT2D eigenvalue weighted by atomic mass is 10.1. The molecule has 8 heteroatoms. The molecule has 0 saturated carbocycles. The van der Waals surface area contributed by atoms with Gasteiger partial charge in [-0.2, -0.15) is 0 Å². The Morgan fingerprint density at radius 2 is 1.92 bits per heavy atom. The van der Waals surface area contributed by atoms with Crippen molar-refractivity contribution in [2.24, 2.45) is 0 Å². The van der Waals surface area contributed by atoms with E-state index in [4.69, 9.17) is 11.6 Å². The fourth-order valence-electron chi connectivity index (χ4n) is 2.51. The van der Waals surface area contributed by atoms with Crippen molar-refractivity contribution in [1.29, 1.82) is 0 Å². The third kappa shape index (κ3) is 3.45. The Morgan fingerprint density at radius 1 is 1.19 bits per heavy atom. The first-order valence-corrected chi connectivity index (χ1v) is 8.74. The number of hydrazine groups is 1. The number of carbonyl (C=O) groups is 2. The Balaban J connectivity index is 1.92. The maximum Gasteiger partial charge on any atom is 0.282 e. The SMILES string of the molecule is CN(C)c1ccc(C=C2C(=O)NN(c3ccc(F)c(Cl)c3)C2=O)cc1Br. The Bertz CT molecular complexity index is 946. The minimum Gasteiger partial charge on any atom is -0.377 e. The van der Waals surface area contributed by atoms with E-state index >= 15 is 0 Å². The average Bonchev–Trinajstić information content (AvgIpc) is 2.85. The molecule has 1 aliphatic rings. The van der Waals surface area contributed by atoms with Gasteiger partial charge in [-0.15, -0.1) is 0 Å². The first kappa shape index (κ1) is 18.4. The van der Waals surface area contributed by atoms with Gasteiger partial charge >= 0.3 is 0 Å². The van der Waals surface area contributed by atoms with E-state index in [1.54, 1.807) is 0 Å². The van der Waals surface area contributed by atoms with E-state index in [1.165, 1.54) is 18.2 Å². The van der Waals surface area contributed by atoms with Gasteiger partial charge in [-0.1, -0.05) is 17.7 Å². The van der Waals surface area contributed by atoms with Crippen LogP contribution < -0.4 is 15.3 Å². The largest absolute Gasteiger partial charge is 0.377 e. The van der Waals surface area contributed by atoms with Crippen molar-refractivity contribution in [1.82, 2.24) is 5.43 Å². The minimum atomic E-state index is -0.602. The predicted octanol–water partition coefficient (Wildman–Crippen LogP) is 3.77. The van der Waals surface area contributed by atoms with Crippen LogP contribution in [0.4, 0.5) is 15.8 Å². The summed E-state index contributed by atoms with van der Waals surface area (Å²) in [7, 11) is 3.83. The molecule has 2 amide bonds. The minimum absolute atomic E-state index is 0.0186. The lowest BCUT2D eigenvalue weighted by Gasteiger charge is -2.15. The van der Waals surface area contributed by atoms with E-state index in [0.29, 0.717) is 5.56 Å². The van der Waals surface area contributed by atoms with Gasteiger partial charge in [0.2, 0.25) is 0 Å². The normalized spacial score (nSPS) is 15.6. The quantitative estimate of drug-likeness (QED) is 0.586. The molecule has 0 atom stereocenters. The molecular formula is C18H14BrClFN3O2. The molecule has 0 radical (unpaired) electrons. The number of amides is 2. The van der Waals surface area contributed by atoms with Crippen LogP contribution in [0.1, 0.15) is 5.56 Å². The van der Waals surface area contributed by atoms with Crippen molar-refractivity contribution < 1.29 is 14.0 Å². The third-order valence-corrected chi connectivity index (χ3v) is 4.74. The molecule has 2 aromatic rings. The molecule has 1 fully saturated rings. The van der Waals surface area contributed by atoms with Crippen LogP contribution in [0.2, 0.25) is 5.02 Å². The first-order valence-electron chi connectivity index (χ1n) is 7.57. The van der Waals surface area contributed by atoms with Crippen LogP contribution in [0.5, 0.6) is 0 Å². The fourth-order valence-corrected chi connectivity index (χ4v) is 3.43. The van der Waals surface area contributed by atoms with Gasteiger partial charge in [0.25, 0.3) is 11.8 Å². The molecule has 5 nitrogen and oxygen atoms in total. The molecule has 0 aliphatic carbocycles. The summed E-state index contributed by atoms with van der Waals surface area (Å²) in [6.07, 6.45) is 1.51. The van der Waals surface area contributed by atoms with Crippen molar-refractivity contribution >= 4 is 56.8 Å². The molecule has 2 aromatic carbocycles. The van der Waals surface area contributed by atoms with E-state index < -0.39 is 17.6 Å². The number of hydrogen-bond acceptors (Lipinski definition) is 3. The van der Waals surface area contributed by atoms with Gasteiger partial charge in [-0.3, -0.25) is 15.0 Å². The van der Waals surface area contributed by atoms with Crippen LogP contribution in [0.15, 0.2) is 46.4 Å². The van der Waals surface area contributed by atoms with Crippen LogP contribution in [0, 0.1) is 5.82 Å². The second-order valence-corrected chi connectivity index (χ2v) is 7.10. The molecule has 0 unspecified atom stereocenters. The monoisotopic (exact) mass is 437 g/mol. The van der Waals surface area contributed by atoms with Gasteiger partial charge in [-0.05, 0) is 57.9 Å². The number of benzene rings is 2. The standard InChI is InChI=1S/C18H14BrClFN3O2/c1-23(2)16-6-3-10(8-13(16)19)7-12-17(25)22-24(18(12)26)11-4-5-15(21)14(20)9-11/h3-9H,1-2H3,(H,22,25). The summed E-state index contributed by atoms with van der Waals surface area (Å²) in [6, 6.07) is 9.29. The Labute approximate surface area is 163 Å². The van der Waals surface area contributed by atoms with Crippen LogP contribution in [0.25, 0.3) is 6.08 Å². The third-order valence-electron chi connectivity index (χ3n) is 3.82. The summed E-state index contributed by atoms with van der Waals surface area (Å²) < 4.78 is 14.1. The van der Waals surface area contributed by atoms with E-state index in [-0.39, 0.29) is 16.3 Å². The zero-order valence-corrected chi connectivity index (χ0v) is 16.2. The van der Waals surface area contributed by atoms with Crippen molar-refractivity contribution in [2.45, 2.75) is 0 Å². The lowest BCUT2D eigenvalue weighted by Crippen LogP contribution is -2.35. The highest BCUT2D eigenvalue weighted by atomic mass is 79.9. The number of carbonyl (C=O) groups excluding carboxylic acids is 2. The molecule has 1 aliphatic heterocycles. The maximum absolute atomic E-state index is 13.3. The van der Waals surface area contributed by atoms with Crippen LogP contribution >= 0.6 is 27.5 Å². The molecule has 26 heavy (non-hydrogen) atoms. The van der Waals surface area contributed by atoms with Gasteiger partial charge in [0.05, 0.1) is 16.4 Å². The summed E-state index contributed by atoms with van der Waals surface area (Å²) >= 11 is 9.22. The first-order chi connectivity index (χ1) is 12.3. The number of anilines is 2. The molecule has 0 spiro atoms. The number of hydrogen-bond donors (Lipinski definition) is 1. The highest BCUT2D eigenvalue weighted by molar-refractivity contribution is 9.10. The summed E-state index contributed by atoms with van der Waals surface area (Å²) in [4.78, 5) is 26.7. The molecule has 0 bridgehead atoms. The van der Waals surface area contributed by atoms with Gasteiger partial charge in [-0.25, -0.2) is 9.40 Å². The molecule has 3 rings (SSSR count). The van der Waals surface area contributed by atoms with Gasteiger partial charge < -0.3 is 4.90 Å². The maximum atomic E-state index is 13.3. The Morgan fingerprint density at radius 3 is 2.54 bits per heavy atom. The molecule has 1 saturated heterocycles. The summed E-state index contributed by atoms with van der Waals surface area (Å²) in [5.74, 6) is -1.68. The summed E-state index contributed by atoms with van der Waals surface area (Å²) in [5, 5.41) is 0.910. The van der Waals surface area contributed by atoms with E-state index in [0.717, 1.165) is 21.2 Å². The van der Waals surface area contributed by atoms with Crippen molar-refractivity contribution in [3.63, 3.8) is 0 Å². The number of rotatable bonds is 3.